The minimum Gasteiger partial charge on any atom is -0.319 e. The van der Waals surface area contributed by atoms with Gasteiger partial charge in [0, 0.05) is 19.1 Å². The van der Waals surface area contributed by atoms with Crippen LogP contribution in [0.3, 0.4) is 0 Å². The third kappa shape index (κ3) is 4.42. The van der Waals surface area contributed by atoms with Gasteiger partial charge in [-0.25, -0.2) is 0 Å². The second-order valence-electron chi connectivity index (χ2n) is 5.12. The lowest BCUT2D eigenvalue weighted by molar-refractivity contribution is 0.119. The first-order valence-corrected chi connectivity index (χ1v) is 6.93. The third-order valence-electron chi connectivity index (χ3n) is 4.20. The molecule has 0 radical (unpaired) electrons. The van der Waals surface area contributed by atoms with Crippen molar-refractivity contribution >= 4 is 0 Å². The van der Waals surface area contributed by atoms with E-state index in [-0.39, 0.29) is 0 Å². The van der Waals surface area contributed by atoms with Crippen molar-refractivity contribution in [3.63, 3.8) is 0 Å². The second kappa shape index (κ2) is 8.08. The largest absolute Gasteiger partial charge is 0.319 e. The minimum absolute atomic E-state index is 0.450. The molecule has 0 aliphatic rings. The zero-order valence-corrected chi connectivity index (χ0v) is 12.3. The molecule has 0 saturated carbocycles. The molecule has 0 saturated heterocycles. The first kappa shape index (κ1) is 15.9. The molecule has 16 heavy (non-hydrogen) atoms. The third-order valence-corrected chi connectivity index (χ3v) is 4.20. The van der Waals surface area contributed by atoms with E-state index in [4.69, 9.17) is 0 Å². The number of nitrogens with zero attached hydrogens (tertiary/aromatic N) is 1. The van der Waals surface area contributed by atoms with Crippen molar-refractivity contribution in [2.24, 2.45) is 5.41 Å². The van der Waals surface area contributed by atoms with E-state index in [9.17, 15) is 0 Å². The first-order valence-electron chi connectivity index (χ1n) is 6.93. The minimum atomic E-state index is 0.450. The zero-order valence-electron chi connectivity index (χ0n) is 12.3. The van der Waals surface area contributed by atoms with Crippen LogP contribution in [0.1, 0.15) is 53.4 Å². The van der Waals surface area contributed by atoms with Crippen molar-refractivity contribution in [1.82, 2.24) is 10.2 Å². The molecular formula is C14H32N2. The van der Waals surface area contributed by atoms with E-state index >= 15 is 0 Å². The summed E-state index contributed by atoms with van der Waals surface area (Å²) in [4.78, 5) is 2.56. The van der Waals surface area contributed by atoms with Crippen molar-refractivity contribution in [1.29, 1.82) is 0 Å². The van der Waals surface area contributed by atoms with Crippen molar-refractivity contribution < 1.29 is 0 Å². The summed E-state index contributed by atoms with van der Waals surface area (Å²) in [5.74, 6) is 0. The number of nitrogens with one attached hydrogen (secondary N) is 1. The average molecular weight is 228 g/mol. The molecule has 0 atom stereocenters. The van der Waals surface area contributed by atoms with Crippen LogP contribution in [0.4, 0.5) is 0 Å². The van der Waals surface area contributed by atoms with Gasteiger partial charge in [0.15, 0.2) is 0 Å². The zero-order chi connectivity index (χ0) is 12.6. The maximum Gasteiger partial charge on any atom is 0.00872 e. The molecule has 0 heterocycles. The molecule has 0 unspecified atom stereocenters. The molecule has 0 aliphatic carbocycles. The number of hydrogen-bond donors (Lipinski definition) is 1. The predicted molar refractivity (Wildman–Crippen MR) is 73.9 cm³/mol. The summed E-state index contributed by atoms with van der Waals surface area (Å²) in [6, 6.07) is 0.745. The van der Waals surface area contributed by atoms with E-state index in [0.717, 1.165) is 12.6 Å². The topological polar surface area (TPSA) is 15.3 Å². The Kier molecular flexibility index (Phi) is 8.04. The van der Waals surface area contributed by atoms with Crippen LogP contribution in [0.25, 0.3) is 0 Å². The van der Waals surface area contributed by atoms with Crippen molar-refractivity contribution in [3.05, 3.63) is 0 Å². The Morgan fingerprint density at radius 2 is 1.56 bits per heavy atom. The first-order chi connectivity index (χ1) is 7.59. The lowest BCUT2D eigenvalue weighted by atomic mass is 9.81. The fourth-order valence-electron chi connectivity index (χ4n) is 2.72. The summed E-state index contributed by atoms with van der Waals surface area (Å²) >= 11 is 0. The summed E-state index contributed by atoms with van der Waals surface area (Å²) in [5.41, 5.74) is 0.450. The van der Waals surface area contributed by atoms with Gasteiger partial charge in [-0.05, 0) is 45.2 Å². The Bertz CT molecular complexity index is 160. The highest BCUT2D eigenvalue weighted by Gasteiger charge is 2.28. The predicted octanol–water partition coefficient (Wildman–Crippen LogP) is 3.13. The van der Waals surface area contributed by atoms with Crippen LogP contribution >= 0.6 is 0 Å². The quantitative estimate of drug-likeness (QED) is 0.652. The summed E-state index contributed by atoms with van der Waals surface area (Å²) in [7, 11) is 4.35. The maximum absolute atomic E-state index is 3.36. The molecule has 0 aliphatic heterocycles. The highest BCUT2D eigenvalue weighted by molar-refractivity contribution is 4.83. The van der Waals surface area contributed by atoms with Gasteiger partial charge in [0.2, 0.25) is 0 Å². The SMILES string of the molecule is CCC(CC)N(C)CC(CC)(CC)CNC. The lowest BCUT2D eigenvalue weighted by Crippen LogP contribution is -2.44. The maximum atomic E-state index is 3.36. The molecule has 0 spiro atoms. The van der Waals surface area contributed by atoms with Gasteiger partial charge in [-0.2, -0.15) is 0 Å². The fourth-order valence-corrected chi connectivity index (χ4v) is 2.72. The molecule has 1 N–H and O–H groups in total. The summed E-state index contributed by atoms with van der Waals surface area (Å²) in [6.07, 6.45) is 5.04. The monoisotopic (exact) mass is 228 g/mol. The smallest absolute Gasteiger partial charge is 0.00872 e. The van der Waals surface area contributed by atoms with Gasteiger partial charge in [0.05, 0.1) is 0 Å². The lowest BCUT2D eigenvalue weighted by Gasteiger charge is -2.38. The standard InChI is InChI=1S/C14H32N2/c1-7-13(8-2)16(6)12-14(9-3,10-4)11-15-5/h13,15H,7-12H2,1-6H3. The molecule has 0 aromatic heterocycles. The van der Waals surface area contributed by atoms with Crippen LogP contribution < -0.4 is 5.32 Å². The van der Waals surface area contributed by atoms with E-state index < -0.39 is 0 Å². The summed E-state index contributed by atoms with van der Waals surface area (Å²) in [6.45, 7) is 11.6. The molecule has 0 amide bonds. The normalized spacial score (nSPS) is 12.8. The van der Waals surface area contributed by atoms with Gasteiger partial charge < -0.3 is 10.2 Å². The Morgan fingerprint density at radius 3 is 1.88 bits per heavy atom. The molecule has 0 rings (SSSR count). The fraction of sp³-hybridized carbons (Fsp3) is 1.00. The van der Waals surface area contributed by atoms with E-state index in [2.05, 4.69) is 52.0 Å². The Hall–Kier alpha value is -0.0800. The highest BCUT2D eigenvalue weighted by atomic mass is 15.1. The van der Waals surface area contributed by atoms with Gasteiger partial charge in [-0.15, -0.1) is 0 Å². The van der Waals surface area contributed by atoms with E-state index in [1.54, 1.807) is 0 Å². The number of hydrogen-bond acceptors (Lipinski definition) is 2. The van der Waals surface area contributed by atoms with Crippen LogP contribution in [0, 0.1) is 5.41 Å². The van der Waals surface area contributed by atoms with Crippen molar-refractivity contribution in [3.8, 4) is 0 Å². The van der Waals surface area contributed by atoms with Crippen LogP contribution in [0.5, 0.6) is 0 Å². The van der Waals surface area contributed by atoms with Gasteiger partial charge in [-0.3, -0.25) is 0 Å². The van der Waals surface area contributed by atoms with Crippen LogP contribution in [0.2, 0.25) is 0 Å². The molecule has 0 aromatic carbocycles. The Morgan fingerprint density at radius 1 is 1.06 bits per heavy atom. The molecule has 0 fully saturated rings. The summed E-state index contributed by atoms with van der Waals surface area (Å²) in [5, 5.41) is 3.36. The summed E-state index contributed by atoms with van der Waals surface area (Å²) < 4.78 is 0. The van der Waals surface area contributed by atoms with Gasteiger partial charge in [-0.1, -0.05) is 27.7 Å². The molecule has 0 aromatic rings. The molecule has 2 nitrogen and oxygen atoms in total. The van der Waals surface area contributed by atoms with E-state index in [0.29, 0.717) is 5.41 Å². The molecule has 98 valence electrons. The van der Waals surface area contributed by atoms with Crippen LogP contribution in [-0.2, 0) is 0 Å². The van der Waals surface area contributed by atoms with Crippen LogP contribution in [0.15, 0.2) is 0 Å². The van der Waals surface area contributed by atoms with Gasteiger partial charge >= 0.3 is 0 Å². The molecular weight excluding hydrogens is 196 g/mol. The average Bonchev–Trinajstić information content (AvgIpc) is 2.30. The number of rotatable bonds is 9. The van der Waals surface area contributed by atoms with E-state index in [1.807, 2.05) is 0 Å². The Labute approximate surface area is 103 Å². The van der Waals surface area contributed by atoms with E-state index in [1.165, 1.54) is 32.2 Å². The Balaban J connectivity index is 4.48. The molecule has 0 bridgehead atoms. The van der Waals surface area contributed by atoms with Crippen molar-refractivity contribution in [2.75, 3.05) is 27.2 Å². The van der Waals surface area contributed by atoms with Crippen LogP contribution in [-0.4, -0.2) is 38.1 Å². The second-order valence-corrected chi connectivity index (χ2v) is 5.12. The molecule has 2 heteroatoms. The van der Waals surface area contributed by atoms with Gasteiger partial charge in [0.1, 0.15) is 0 Å². The van der Waals surface area contributed by atoms with Crippen molar-refractivity contribution in [2.45, 2.75) is 59.4 Å². The highest BCUT2D eigenvalue weighted by Crippen LogP contribution is 2.27. The van der Waals surface area contributed by atoms with Gasteiger partial charge in [0.25, 0.3) is 0 Å².